The highest BCUT2D eigenvalue weighted by Gasteiger charge is 2.02. The summed E-state index contributed by atoms with van der Waals surface area (Å²) in [4.78, 5) is 14.3. The first kappa shape index (κ1) is 16.9. The van der Waals surface area contributed by atoms with Crippen LogP contribution in [0.1, 0.15) is 27.0 Å². The van der Waals surface area contributed by atoms with Crippen molar-refractivity contribution in [1.82, 2.24) is 20.6 Å². The van der Waals surface area contributed by atoms with Crippen molar-refractivity contribution in [2.45, 2.75) is 33.1 Å². The lowest BCUT2D eigenvalue weighted by molar-refractivity contribution is 0.735. The molecule has 0 spiro atoms. The number of rotatable bonds is 7. The second-order valence-corrected chi connectivity index (χ2v) is 7.29. The third kappa shape index (κ3) is 5.73. The minimum Gasteiger partial charge on any atom is -0.356 e. The normalized spacial score (nSPS) is 11.7. The van der Waals surface area contributed by atoms with Gasteiger partial charge in [-0.15, -0.1) is 22.7 Å². The molecule has 2 heterocycles. The van der Waals surface area contributed by atoms with Gasteiger partial charge in [0.15, 0.2) is 5.96 Å². The smallest absolute Gasteiger partial charge is 0.190 e. The molecular weight excluding hydrogens is 314 g/mol. The van der Waals surface area contributed by atoms with E-state index in [0.29, 0.717) is 0 Å². The highest BCUT2D eigenvalue weighted by molar-refractivity contribution is 7.11. The molecule has 2 N–H and O–H groups in total. The van der Waals surface area contributed by atoms with E-state index in [-0.39, 0.29) is 0 Å². The van der Waals surface area contributed by atoms with Gasteiger partial charge >= 0.3 is 0 Å². The van der Waals surface area contributed by atoms with Gasteiger partial charge in [0.1, 0.15) is 0 Å². The Morgan fingerprint density at radius 1 is 1.18 bits per heavy atom. The molecule has 22 heavy (non-hydrogen) atoms. The monoisotopic (exact) mass is 337 g/mol. The van der Waals surface area contributed by atoms with E-state index < -0.39 is 0 Å². The van der Waals surface area contributed by atoms with Crippen LogP contribution in [0.25, 0.3) is 0 Å². The molecule has 0 atom stereocenters. The fraction of sp³-hybridized carbons (Fsp3) is 0.533. The number of nitrogens with one attached hydrogen (secondary N) is 2. The zero-order valence-electron chi connectivity index (χ0n) is 13.3. The van der Waals surface area contributed by atoms with Crippen LogP contribution in [0, 0.1) is 13.8 Å². The van der Waals surface area contributed by atoms with Gasteiger partial charge in [-0.25, -0.2) is 9.97 Å². The lowest BCUT2D eigenvalue weighted by Gasteiger charge is -2.10. The molecule has 0 radical (unpaired) electrons. The standard InChI is InChI=1S/C15H23N5S2/c1-11-10-21-14(20-11)5-4-7-17-15(16-3)18-8-6-13-19-9-12(2)22-13/h9-10H,4-8H2,1-3H3,(H2,16,17,18). The SMILES string of the molecule is CN=C(NCCCc1nc(C)cs1)NCCc1ncc(C)s1. The lowest BCUT2D eigenvalue weighted by Crippen LogP contribution is -2.38. The van der Waals surface area contributed by atoms with Gasteiger partial charge in [-0.1, -0.05) is 0 Å². The van der Waals surface area contributed by atoms with Crippen molar-refractivity contribution < 1.29 is 0 Å². The van der Waals surface area contributed by atoms with E-state index in [1.165, 1.54) is 14.9 Å². The van der Waals surface area contributed by atoms with Gasteiger partial charge in [0, 0.05) is 55.1 Å². The number of aryl methyl sites for hydroxylation is 3. The zero-order valence-corrected chi connectivity index (χ0v) is 15.0. The van der Waals surface area contributed by atoms with Crippen molar-refractivity contribution in [3.05, 3.63) is 32.2 Å². The molecule has 0 saturated heterocycles. The number of hydrogen-bond acceptors (Lipinski definition) is 5. The maximum Gasteiger partial charge on any atom is 0.190 e. The Morgan fingerprint density at radius 3 is 2.64 bits per heavy atom. The van der Waals surface area contributed by atoms with Crippen LogP contribution in [-0.4, -0.2) is 36.1 Å². The van der Waals surface area contributed by atoms with E-state index in [2.05, 4.69) is 37.9 Å². The first-order valence-electron chi connectivity index (χ1n) is 7.44. The molecule has 2 aromatic heterocycles. The van der Waals surface area contributed by atoms with Crippen molar-refractivity contribution in [2.75, 3.05) is 20.1 Å². The van der Waals surface area contributed by atoms with Crippen LogP contribution >= 0.6 is 22.7 Å². The molecule has 2 rings (SSSR count). The number of aromatic nitrogens is 2. The summed E-state index contributed by atoms with van der Waals surface area (Å²) >= 11 is 3.49. The second kappa shape index (κ2) is 8.85. The van der Waals surface area contributed by atoms with Gasteiger partial charge in [-0.3, -0.25) is 4.99 Å². The van der Waals surface area contributed by atoms with Crippen molar-refractivity contribution in [1.29, 1.82) is 0 Å². The predicted molar refractivity (Wildman–Crippen MR) is 95.1 cm³/mol. The Kier molecular flexibility index (Phi) is 6.79. The van der Waals surface area contributed by atoms with E-state index in [4.69, 9.17) is 0 Å². The largest absolute Gasteiger partial charge is 0.356 e. The molecule has 0 bridgehead atoms. The van der Waals surface area contributed by atoms with Crippen LogP contribution < -0.4 is 10.6 Å². The topological polar surface area (TPSA) is 62.2 Å². The van der Waals surface area contributed by atoms with Crippen LogP contribution in [-0.2, 0) is 12.8 Å². The average Bonchev–Trinajstić information content (AvgIpc) is 3.10. The van der Waals surface area contributed by atoms with Gasteiger partial charge in [0.25, 0.3) is 0 Å². The number of aliphatic imine (C=N–C) groups is 1. The van der Waals surface area contributed by atoms with E-state index in [1.807, 2.05) is 13.1 Å². The third-order valence-corrected chi connectivity index (χ3v) is 5.05. The summed E-state index contributed by atoms with van der Waals surface area (Å²) in [6, 6.07) is 0. The van der Waals surface area contributed by atoms with Crippen LogP contribution in [0.15, 0.2) is 16.6 Å². The summed E-state index contributed by atoms with van der Waals surface area (Å²) in [7, 11) is 1.80. The molecule has 0 saturated carbocycles. The highest BCUT2D eigenvalue weighted by atomic mass is 32.1. The Bertz CT molecular complexity index is 603. The molecule has 0 fully saturated rings. The van der Waals surface area contributed by atoms with Gasteiger partial charge < -0.3 is 10.6 Å². The first-order chi connectivity index (χ1) is 10.7. The quantitative estimate of drug-likeness (QED) is 0.463. The summed E-state index contributed by atoms with van der Waals surface area (Å²) in [5, 5.41) is 11.1. The van der Waals surface area contributed by atoms with Gasteiger partial charge in [0.05, 0.1) is 10.0 Å². The summed E-state index contributed by atoms with van der Waals surface area (Å²) in [5.41, 5.74) is 1.11. The molecule has 0 amide bonds. The third-order valence-electron chi connectivity index (χ3n) is 3.05. The zero-order chi connectivity index (χ0) is 15.8. The van der Waals surface area contributed by atoms with Crippen molar-refractivity contribution in [3.63, 3.8) is 0 Å². The Balaban J connectivity index is 1.60. The van der Waals surface area contributed by atoms with Crippen molar-refractivity contribution >= 4 is 28.6 Å². The summed E-state index contributed by atoms with van der Waals surface area (Å²) in [6.45, 7) is 5.86. The highest BCUT2D eigenvalue weighted by Crippen LogP contribution is 2.11. The molecule has 0 aromatic carbocycles. The van der Waals surface area contributed by atoms with Crippen LogP contribution in [0.2, 0.25) is 0 Å². The van der Waals surface area contributed by atoms with Crippen LogP contribution in [0.3, 0.4) is 0 Å². The van der Waals surface area contributed by atoms with E-state index in [0.717, 1.165) is 44.0 Å². The number of guanidine groups is 1. The predicted octanol–water partition coefficient (Wildman–Crippen LogP) is 2.56. The van der Waals surface area contributed by atoms with E-state index in [1.54, 1.807) is 29.7 Å². The molecule has 0 aliphatic carbocycles. The molecule has 120 valence electrons. The lowest BCUT2D eigenvalue weighted by atomic mass is 10.3. The van der Waals surface area contributed by atoms with Crippen LogP contribution in [0.5, 0.6) is 0 Å². The maximum absolute atomic E-state index is 4.47. The maximum atomic E-state index is 4.47. The molecule has 0 aliphatic heterocycles. The second-order valence-electron chi connectivity index (χ2n) is 5.03. The average molecular weight is 338 g/mol. The number of nitrogens with zero attached hydrogens (tertiary/aromatic N) is 3. The fourth-order valence-corrected chi connectivity index (χ4v) is 3.59. The van der Waals surface area contributed by atoms with Crippen molar-refractivity contribution in [3.8, 4) is 0 Å². The Morgan fingerprint density at radius 2 is 2.00 bits per heavy atom. The van der Waals surface area contributed by atoms with Gasteiger partial charge in [0.2, 0.25) is 0 Å². The van der Waals surface area contributed by atoms with Gasteiger partial charge in [-0.2, -0.15) is 0 Å². The summed E-state index contributed by atoms with van der Waals surface area (Å²) < 4.78 is 0. The Labute approximate surface area is 139 Å². The molecule has 7 heteroatoms. The molecule has 2 aromatic rings. The number of thiazole rings is 2. The molecule has 0 aliphatic rings. The minimum atomic E-state index is 0.846. The summed E-state index contributed by atoms with van der Waals surface area (Å²) in [5.74, 6) is 0.851. The first-order valence-corrected chi connectivity index (χ1v) is 9.14. The Hall–Kier alpha value is -1.47. The molecule has 5 nitrogen and oxygen atoms in total. The molecular formula is C15H23N5S2. The van der Waals surface area contributed by atoms with E-state index >= 15 is 0 Å². The summed E-state index contributed by atoms with van der Waals surface area (Å²) in [6.07, 6.45) is 4.92. The number of hydrogen-bond donors (Lipinski definition) is 2. The molecule has 0 unspecified atom stereocenters. The van der Waals surface area contributed by atoms with Gasteiger partial charge in [-0.05, 0) is 20.3 Å². The van der Waals surface area contributed by atoms with Crippen LogP contribution in [0.4, 0.5) is 0 Å². The minimum absolute atomic E-state index is 0.846. The fourth-order valence-electron chi connectivity index (χ4n) is 1.99. The van der Waals surface area contributed by atoms with Crippen molar-refractivity contribution in [2.24, 2.45) is 4.99 Å². The van der Waals surface area contributed by atoms with E-state index in [9.17, 15) is 0 Å².